The third kappa shape index (κ3) is 2.59. The Labute approximate surface area is 114 Å². The van der Waals surface area contributed by atoms with Gasteiger partial charge in [-0.2, -0.15) is 0 Å². The summed E-state index contributed by atoms with van der Waals surface area (Å²) < 4.78 is 27.8. The van der Waals surface area contributed by atoms with Crippen LogP contribution in [-0.2, 0) is 0 Å². The maximum Gasteiger partial charge on any atom is 0.146 e. The smallest absolute Gasteiger partial charge is 0.146 e. The van der Waals surface area contributed by atoms with Gasteiger partial charge in [-0.25, -0.2) is 8.78 Å². The second-order valence-electron chi connectivity index (χ2n) is 5.05. The summed E-state index contributed by atoms with van der Waals surface area (Å²) in [5, 5.41) is 10.2. The maximum atomic E-state index is 13.9. The molecule has 3 atom stereocenters. The molecule has 18 heavy (non-hydrogen) atoms. The van der Waals surface area contributed by atoms with E-state index < -0.39 is 17.7 Å². The van der Waals surface area contributed by atoms with E-state index in [0.29, 0.717) is 5.92 Å². The Bertz CT molecular complexity index is 436. The average Bonchev–Trinajstić information content (AvgIpc) is 2.83. The molecule has 100 valence electrons. The number of rotatable bonds is 3. The minimum absolute atomic E-state index is 0.0340. The van der Waals surface area contributed by atoms with Crippen molar-refractivity contribution in [2.45, 2.75) is 38.7 Å². The van der Waals surface area contributed by atoms with E-state index in [9.17, 15) is 13.9 Å². The van der Waals surface area contributed by atoms with Crippen molar-refractivity contribution >= 4 is 15.9 Å². The van der Waals surface area contributed by atoms with Crippen LogP contribution in [0.3, 0.4) is 0 Å². The molecule has 0 aromatic heterocycles. The van der Waals surface area contributed by atoms with Gasteiger partial charge in [0, 0.05) is 0 Å². The van der Waals surface area contributed by atoms with Crippen molar-refractivity contribution < 1.29 is 13.9 Å². The molecule has 0 aliphatic heterocycles. The summed E-state index contributed by atoms with van der Waals surface area (Å²) in [4.78, 5) is 0. The molecule has 1 fully saturated rings. The summed E-state index contributed by atoms with van der Waals surface area (Å²) in [6.07, 6.45) is 2.75. The molecule has 0 radical (unpaired) electrons. The van der Waals surface area contributed by atoms with Gasteiger partial charge in [0.2, 0.25) is 0 Å². The predicted octanol–water partition coefficient (Wildman–Crippen LogP) is 4.59. The van der Waals surface area contributed by atoms with Gasteiger partial charge >= 0.3 is 0 Å². The molecule has 1 saturated carbocycles. The van der Waals surface area contributed by atoms with Crippen molar-refractivity contribution in [2.75, 3.05) is 0 Å². The van der Waals surface area contributed by atoms with Crippen LogP contribution in [-0.4, -0.2) is 5.11 Å². The van der Waals surface area contributed by atoms with Crippen molar-refractivity contribution in [1.82, 2.24) is 0 Å². The highest BCUT2D eigenvalue weighted by Crippen LogP contribution is 2.42. The predicted molar refractivity (Wildman–Crippen MR) is 70.1 cm³/mol. The fourth-order valence-electron chi connectivity index (χ4n) is 2.82. The Morgan fingerprint density at radius 3 is 2.72 bits per heavy atom. The summed E-state index contributed by atoms with van der Waals surface area (Å²) in [5.41, 5.74) is -0.189. The van der Waals surface area contributed by atoms with Crippen LogP contribution in [0.2, 0.25) is 0 Å². The molecule has 1 aromatic rings. The molecular formula is C14H17BrF2O. The van der Waals surface area contributed by atoms with E-state index in [4.69, 9.17) is 0 Å². The molecule has 1 aliphatic carbocycles. The molecule has 0 saturated heterocycles. The first-order chi connectivity index (χ1) is 8.54. The molecule has 1 nitrogen and oxygen atoms in total. The SMILES string of the molecule is CCC1CCC(C(O)c2c(F)ccc(Br)c2F)C1. The summed E-state index contributed by atoms with van der Waals surface area (Å²) in [5.74, 6) is -0.804. The summed E-state index contributed by atoms with van der Waals surface area (Å²) in [6, 6.07) is 2.52. The topological polar surface area (TPSA) is 20.2 Å². The van der Waals surface area contributed by atoms with Crippen LogP contribution in [0.25, 0.3) is 0 Å². The van der Waals surface area contributed by atoms with Gasteiger partial charge in [0.15, 0.2) is 0 Å². The zero-order chi connectivity index (χ0) is 13.3. The van der Waals surface area contributed by atoms with Crippen LogP contribution in [0.4, 0.5) is 8.78 Å². The number of hydrogen-bond donors (Lipinski definition) is 1. The lowest BCUT2D eigenvalue weighted by Gasteiger charge is -2.20. The highest BCUT2D eigenvalue weighted by molar-refractivity contribution is 9.10. The first-order valence-electron chi connectivity index (χ1n) is 6.36. The zero-order valence-electron chi connectivity index (χ0n) is 10.3. The van der Waals surface area contributed by atoms with Crippen molar-refractivity contribution in [3.8, 4) is 0 Å². The molecule has 1 aliphatic rings. The number of benzene rings is 1. The zero-order valence-corrected chi connectivity index (χ0v) is 11.9. The lowest BCUT2D eigenvalue weighted by atomic mass is 9.92. The highest BCUT2D eigenvalue weighted by atomic mass is 79.9. The van der Waals surface area contributed by atoms with Crippen molar-refractivity contribution in [2.24, 2.45) is 11.8 Å². The van der Waals surface area contributed by atoms with E-state index in [-0.39, 0.29) is 16.0 Å². The van der Waals surface area contributed by atoms with Gasteiger partial charge in [-0.15, -0.1) is 0 Å². The summed E-state index contributed by atoms with van der Waals surface area (Å²) in [7, 11) is 0. The van der Waals surface area contributed by atoms with Crippen LogP contribution in [0, 0.1) is 23.5 Å². The standard InChI is InChI=1S/C14H17BrF2O/c1-2-8-3-4-9(7-8)14(18)12-11(16)6-5-10(15)13(12)17/h5-6,8-9,14,18H,2-4,7H2,1H3. The lowest BCUT2D eigenvalue weighted by molar-refractivity contribution is 0.101. The minimum Gasteiger partial charge on any atom is -0.388 e. The molecule has 0 heterocycles. The lowest BCUT2D eigenvalue weighted by Crippen LogP contribution is -2.13. The quantitative estimate of drug-likeness (QED) is 0.808. The molecule has 4 heteroatoms. The van der Waals surface area contributed by atoms with E-state index in [1.165, 1.54) is 12.1 Å². The highest BCUT2D eigenvalue weighted by Gasteiger charge is 2.33. The van der Waals surface area contributed by atoms with Gasteiger partial charge in [0.05, 0.1) is 16.1 Å². The maximum absolute atomic E-state index is 13.9. The number of aliphatic hydroxyl groups excluding tert-OH is 1. The van der Waals surface area contributed by atoms with Crippen LogP contribution in [0.15, 0.2) is 16.6 Å². The number of halogens is 3. The average molecular weight is 319 g/mol. The third-order valence-corrected chi connectivity index (χ3v) is 4.59. The summed E-state index contributed by atoms with van der Waals surface area (Å²) in [6.45, 7) is 2.11. The van der Waals surface area contributed by atoms with Crippen molar-refractivity contribution in [1.29, 1.82) is 0 Å². The van der Waals surface area contributed by atoms with E-state index in [1.807, 2.05) is 0 Å². The molecule has 1 N–H and O–H groups in total. The van der Waals surface area contributed by atoms with Crippen LogP contribution >= 0.6 is 15.9 Å². The Morgan fingerprint density at radius 1 is 1.39 bits per heavy atom. The molecule has 0 amide bonds. The van der Waals surface area contributed by atoms with Gasteiger partial charge in [0.1, 0.15) is 11.6 Å². The third-order valence-electron chi connectivity index (χ3n) is 3.98. The van der Waals surface area contributed by atoms with Gasteiger partial charge < -0.3 is 5.11 Å². The van der Waals surface area contributed by atoms with Crippen molar-refractivity contribution in [3.05, 3.63) is 33.8 Å². The molecule has 3 unspecified atom stereocenters. The Kier molecular flexibility index (Phi) is 4.38. The van der Waals surface area contributed by atoms with Crippen LogP contribution < -0.4 is 0 Å². The van der Waals surface area contributed by atoms with Gasteiger partial charge in [-0.1, -0.05) is 19.8 Å². The van der Waals surface area contributed by atoms with Crippen LogP contribution in [0.5, 0.6) is 0 Å². The molecule has 0 spiro atoms. The number of hydrogen-bond acceptors (Lipinski definition) is 1. The number of aliphatic hydroxyl groups is 1. The molecule has 2 rings (SSSR count). The van der Waals surface area contributed by atoms with E-state index in [0.717, 1.165) is 25.7 Å². The first-order valence-corrected chi connectivity index (χ1v) is 7.15. The Hall–Kier alpha value is -0.480. The van der Waals surface area contributed by atoms with Gasteiger partial charge in [0.25, 0.3) is 0 Å². The van der Waals surface area contributed by atoms with Gasteiger partial charge in [-0.05, 0) is 52.7 Å². The normalized spacial score (nSPS) is 25.4. The molecule has 0 bridgehead atoms. The Balaban J connectivity index is 2.24. The van der Waals surface area contributed by atoms with Gasteiger partial charge in [-0.3, -0.25) is 0 Å². The molecule has 1 aromatic carbocycles. The van der Waals surface area contributed by atoms with Crippen LogP contribution in [0.1, 0.15) is 44.3 Å². The fourth-order valence-corrected chi connectivity index (χ4v) is 3.17. The van der Waals surface area contributed by atoms with E-state index >= 15 is 0 Å². The minimum atomic E-state index is -1.04. The van der Waals surface area contributed by atoms with Crippen molar-refractivity contribution in [3.63, 3.8) is 0 Å². The van der Waals surface area contributed by atoms with E-state index in [2.05, 4.69) is 22.9 Å². The Morgan fingerprint density at radius 2 is 2.11 bits per heavy atom. The second-order valence-corrected chi connectivity index (χ2v) is 5.90. The first kappa shape index (κ1) is 13.9. The second kappa shape index (κ2) is 5.66. The summed E-state index contributed by atoms with van der Waals surface area (Å²) >= 11 is 3.03. The monoisotopic (exact) mass is 318 g/mol. The molecular weight excluding hydrogens is 302 g/mol. The van der Waals surface area contributed by atoms with E-state index in [1.54, 1.807) is 0 Å². The largest absolute Gasteiger partial charge is 0.388 e. The fraction of sp³-hybridized carbons (Fsp3) is 0.571.